The van der Waals surface area contributed by atoms with Gasteiger partial charge in [-0.25, -0.2) is 4.79 Å². The standard InChI is InChI=1S/C18H26BrNO3/c1-17(2,3)23-16(21)20-11-5-4-9-18(22,10-12-20)14-7-6-8-15(19)13-14/h6-8,13,22H,4-5,9-12H2,1-3H3. The lowest BCUT2D eigenvalue weighted by atomic mass is 9.84. The van der Waals surface area contributed by atoms with Crippen molar-refractivity contribution in [2.24, 2.45) is 0 Å². The number of likely N-dealkylation sites (tertiary alicyclic amines) is 1. The molecule has 4 nitrogen and oxygen atoms in total. The lowest BCUT2D eigenvalue weighted by molar-refractivity contribution is -0.0126. The molecule has 128 valence electrons. The molecule has 0 aromatic heterocycles. The number of amides is 1. The first-order chi connectivity index (χ1) is 10.7. The van der Waals surface area contributed by atoms with E-state index in [0.29, 0.717) is 25.9 Å². The van der Waals surface area contributed by atoms with Crippen molar-refractivity contribution in [3.8, 4) is 0 Å². The number of benzene rings is 1. The number of aliphatic hydroxyl groups is 1. The molecule has 0 bridgehead atoms. The first-order valence-corrected chi connectivity index (χ1v) is 8.95. The zero-order valence-electron chi connectivity index (χ0n) is 14.1. The minimum atomic E-state index is -0.898. The molecule has 23 heavy (non-hydrogen) atoms. The fourth-order valence-corrected chi connectivity index (χ4v) is 3.25. The van der Waals surface area contributed by atoms with Gasteiger partial charge in [-0.3, -0.25) is 0 Å². The van der Waals surface area contributed by atoms with Gasteiger partial charge in [-0.05, 0) is 64.2 Å². The van der Waals surface area contributed by atoms with Crippen LogP contribution >= 0.6 is 15.9 Å². The van der Waals surface area contributed by atoms with Gasteiger partial charge in [0.05, 0.1) is 5.60 Å². The predicted molar refractivity (Wildman–Crippen MR) is 94.3 cm³/mol. The third kappa shape index (κ3) is 5.21. The number of hydrogen-bond donors (Lipinski definition) is 1. The molecular weight excluding hydrogens is 358 g/mol. The molecule has 1 aromatic rings. The fourth-order valence-electron chi connectivity index (χ4n) is 2.85. The molecule has 1 atom stereocenters. The molecule has 2 rings (SSSR count). The molecule has 0 saturated carbocycles. The van der Waals surface area contributed by atoms with Crippen LogP contribution < -0.4 is 0 Å². The number of ether oxygens (including phenoxy) is 1. The molecule has 1 fully saturated rings. The number of rotatable bonds is 1. The van der Waals surface area contributed by atoms with Gasteiger partial charge in [-0.2, -0.15) is 0 Å². The van der Waals surface area contributed by atoms with Crippen LogP contribution in [0.3, 0.4) is 0 Å². The van der Waals surface area contributed by atoms with Crippen molar-refractivity contribution in [3.05, 3.63) is 34.3 Å². The first kappa shape index (κ1) is 18.3. The van der Waals surface area contributed by atoms with E-state index in [1.54, 1.807) is 4.90 Å². The summed E-state index contributed by atoms with van der Waals surface area (Å²) in [6.45, 7) is 6.79. The Morgan fingerprint density at radius 3 is 2.65 bits per heavy atom. The third-order valence-electron chi connectivity index (χ3n) is 4.08. The molecule has 1 unspecified atom stereocenters. The van der Waals surface area contributed by atoms with Crippen molar-refractivity contribution in [2.75, 3.05) is 13.1 Å². The van der Waals surface area contributed by atoms with Gasteiger partial charge in [0, 0.05) is 17.6 Å². The van der Waals surface area contributed by atoms with Crippen LogP contribution in [0.4, 0.5) is 4.79 Å². The Morgan fingerprint density at radius 1 is 1.26 bits per heavy atom. The van der Waals surface area contributed by atoms with E-state index in [0.717, 1.165) is 22.9 Å². The summed E-state index contributed by atoms with van der Waals surface area (Å²) in [5.41, 5.74) is -0.497. The highest BCUT2D eigenvalue weighted by Gasteiger charge is 2.33. The molecule has 1 heterocycles. The van der Waals surface area contributed by atoms with E-state index in [1.165, 1.54) is 0 Å². The maximum Gasteiger partial charge on any atom is 0.410 e. The molecule has 1 N–H and O–H groups in total. The van der Waals surface area contributed by atoms with Crippen molar-refractivity contribution in [3.63, 3.8) is 0 Å². The average Bonchev–Trinajstić information content (AvgIpc) is 2.41. The fraction of sp³-hybridized carbons (Fsp3) is 0.611. The second kappa shape index (κ2) is 7.22. The smallest absolute Gasteiger partial charge is 0.410 e. The molecule has 0 radical (unpaired) electrons. The maximum atomic E-state index is 12.3. The van der Waals surface area contributed by atoms with E-state index in [4.69, 9.17) is 4.74 Å². The molecule has 5 heteroatoms. The summed E-state index contributed by atoms with van der Waals surface area (Å²) in [7, 11) is 0. The van der Waals surface area contributed by atoms with Crippen LogP contribution in [-0.4, -0.2) is 34.8 Å². The monoisotopic (exact) mass is 383 g/mol. The molecule has 1 amide bonds. The Labute approximate surface area is 147 Å². The van der Waals surface area contributed by atoms with Gasteiger partial charge < -0.3 is 14.7 Å². The van der Waals surface area contributed by atoms with E-state index in [1.807, 2.05) is 45.0 Å². The van der Waals surface area contributed by atoms with E-state index in [-0.39, 0.29) is 6.09 Å². The van der Waals surface area contributed by atoms with Crippen LogP contribution in [0.15, 0.2) is 28.7 Å². The first-order valence-electron chi connectivity index (χ1n) is 8.16. The summed E-state index contributed by atoms with van der Waals surface area (Å²) < 4.78 is 6.42. The summed E-state index contributed by atoms with van der Waals surface area (Å²) >= 11 is 3.46. The summed E-state index contributed by atoms with van der Waals surface area (Å²) in [6, 6.07) is 7.79. The third-order valence-corrected chi connectivity index (χ3v) is 4.57. The zero-order valence-corrected chi connectivity index (χ0v) is 15.7. The Bertz CT molecular complexity index is 555. The highest BCUT2D eigenvalue weighted by Crippen LogP contribution is 2.34. The van der Waals surface area contributed by atoms with E-state index < -0.39 is 11.2 Å². The van der Waals surface area contributed by atoms with Crippen molar-refractivity contribution >= 4 is 22.0 Å². The number of halogens is 1. The summed E-state index contributed by atoms with van der Waals surface area (Å²) in [5.74, 6) is 0. The Morgan fingerprint density at radius 2 is 2.00 bits per heavy atom. The molecule has 1 saturated heterocycles. The molecule has 0 spiro atoms. The van der Waals surface area contributed by atoms with E-state index >= 15 is 0 Å². The highest BCUT2D eigenvalue weighted by molar-refractivity contribution is 9.10. The van der Waals surface area contributed by atoms with Crippen LogP contribution in [0.5, 0.6) is 0 Å². The highest BCUT2D eigenvalue weighted by atomic mass is 79.9. The van der Waals surface area contributed by atoms with Crippen LogP contribution in [0.1, 0.15) is 52.0 Å². The number of carbonyl (C=O) groups excluding carboxylic acids is 1. The minimum Gasteiger partial charge on any atom is -0.444 e. The van der Waals surface area contributed by atoms with Gasteiger partial charge in [0.25, 0.3) is 0 Å². The van der Waals surface area contributed by atoms with Crippen molar-refractivity contribution < 1.29 is 14.6 Å². The second-order valence-corrected chi connectivity index (χ2v) is 8.13. The maximum absolute atomic E-state index is 12.3. The van der Waals surface area contributed by atoms with Crippen LogP contribution in [0.25, 0.3) is 0 Å². The van der Waals surface area contributed by atoms with Gasteiger partial charge in [-0.1, -0.05) is 28.1 Å². The van der Waals surface area contributed by atoms with Crippen molar-refractivity contribution in [1.82, 2.24) is 4.90 Å². The van der Waals surface area contributed by atoms with Crippen LogP contribution in [-0.2, 0) is 10.3 Å². The van der Waals surface area contributed by atoms with Crippen LogP contribution in [0, 0.1) is 0 Å². The molecular formula is C18H26BrNO3. The topological polar surface area (TPSA) is 49.8 Å². The lowest BCUT2D eigenvalue weighted by Gasteiger charge is -2.35. The summed E-state index contributed by atoms with van der Waals surface area (Å²) in [5, 5.41) is 11.1. The molecule has 1 aliphatic heterocycles. The Kier molecular flexibility index (Phi) is 5.74. The van der Waals surface area contributed by atoms with E-state index in [2.05, 4.69) is 15.9 Å². The number of carbonyl (C=O) groups is 1. The van der Waals surface area contributed by atoms with Gasteiger partial charge in [-0.15, -0.1) is 0 Å². The second-order valence-electron chi connectivity index (χ2n) is 7.22. The number of hydrogen-bond acceptors (Lipinski definition) is 3. The average molecular weight is 384 g/mol. The zero-order chi connectivity index (χ0) is 17.1. The summed E-state index contributed by atoms with van der Waals surface area (Å²) in [4.78, 5) is 14.0. The lowest BCUT2D eigenvalue weighted by Crippen LogP contribution is -2.42. The van der Waals surface area contributed by atoms with Gasteiger partial charge in [0.15, 0.2) is 0 Å². The van der Waals surface area contributed by atoms with E-state index in [9.17, 15) is 9.90 Å². The van der Waals surface area contributed by atoms with Gasteiger partial charge >= 0.3 is 6.09 Å². The van der Waals surface area contributed by atoms with Crippen molar-refractivity contribution in [1.29, 1.82) is 0 Å². The summed E-state index contributed by atoms with van der Waals surface area (Å²) in [6.07, 6.45) is 2.68. The minimum absolute atomic E-state index is 0.295. The SMILES string of the molecule is CC(C)(C)OC(=O)N1CCCCC(O)(c2cccc(Br)c2)CC1. The Balaban J connectivity index is 2.10. The van der Waals surface area contributed by atoms with Gasteiger partial charge in [0.2, 0.25) is 0 Å². The van der Waals surface area contributed by atoms with Crippen LogP contribution in [0.2, 0.25) is 0 Å². The number of nitrogens with zero attached hydrogens (tertiary/aromatic N) is 1. The predicted octanol–water partition coefficient (Wildman–Crippen LogP) is 4.45. The largest absolute Gasteiger partial charge is 0.444 e. The quantitative estimate of drug-likeness (QED) is 0.779. The normalized spacial score (nSPS) is 23.1. The van der Waals surface area contributed by atoms with Gasteiger partial charge in [0.1, 0.15) is 5.60 Å². The molecule has 1 aliphatic rings. The Hall–Kier alpha value is -1.07. The molecule has 0 aliphatic carbocycles. The van der Waals surface area contributed by atoms with Crippen molar-refractivity contribution in [2.45, 2.75) is 57.7 Å². The molecule has 1 aromatic carbocycles.